The number of benzene rings is 2. The van der Waals surface area contributed by atoms with Crippen molar-refractivity contribution in [3.63, 3.8) is 0 Å². The van der Waals surface area contributed by atoms with Crippen LogP contribution in [0.4, 0.5) is 19.3 Å². The van der Waals surface area contributed by atoms with Gasteiger partial charge in [0.25, 0.3) is 0 Å². The van der Waals surface area contributed by atoms with E-state index in [1.807, 2.05) is 4.90 Å². The first-order valence-electron chi connectivity index (χ1n) is 8.01. The number of amides is 2. The van der Waals surface area contributed by atoms with Crippen molar-refractivity contribution in [2.24, 2.45) is 0 Å². The molecule has 0 spiro atoms. The van der Waals surface area contributed by atoms with Crippen molar-refractivity contribution in [3.8, 4) is 0 Å². The zero-order valence-corrected chi connectivity index (χ0v) is 14.3. The quantitative estimate of drug-likeness (QED) is 0.901. The van der Waals surface area contributed by atoms with Crippen LogP contribution in [0.3, 0.4) is 0 Å². The Hall–Kier alpha value is -2.34. The van der Waals surface area contributed by atoms with Crippen molar-refractivity contribution in [2.75, 3.05) is 31.1 Å². The summed E-state index contributed by atoms with van der Waals surface area (Å²) in [5, 5.41) is 2.82. The van der Waals surface area contributed by atoms with E-state index < -0.39 is 5.82 Å². The second-order valence-corrected chi connectivity index (χ2v) is 6.23. The first-order valence-corrected chi connectivity index (χ1v) is 8.38. The van der Waals surface area contributed by atoms with Crippen LogP contribution in [-0.2, 0) is 6.54 Å². The van der Waals surface area contributed by atoms with Gasteiger partial charge < -0.3 is 15.1 Å². The van der Waals surface area contributed by atoms with Crippen LogP contribution >= 0.6 is 11.6 Å². The maximum atomic E-state index is 13.6. The average Bonchev–Trinajstić information content (AvgIpc) is 2.63. The average molecular weight is 366 g/mol. The fourth-order valence-corrected chi connectivity index (χ4v) is 2.95. The van der Waals surface area contributed by atoms with Crippen molar-refractivity contribution in [2.45, 2.75) is 6.54 Å². The Balaban J connectivity index is 1.52. The Morgan fingerprint density at radius 1 is 1.04 bits per heavy atom. The molecule has 0 radical (unpaired) electrons. The van der Waals surface area contributed by atoms with E-state index in [1.165, 1.54) is 12.1 Å². The van der Waals surface area contributed by atoms with Gasteiger partial charge in [-0.3, -0.25) is 0 Å². The molecule has 1 saturated heterocycles. The molecular weight excluding hydrogens is 348 g/mol. The zero-order valence-electron chi connectivity index (χ0n) is 13.5. The Bertz CT molecular complexity index is 764. The van der Waals surface area contributed by atoms with Crippen LogP contribution in [0.25, 0.3) is 0 Å². The first-order chi connectivity index (χ1) is 12.0. The van der Waals surface area contributed by atoms with Crippen molar-refractivity contribution in [1.82, 2.24) is 10.2 Å². The molecule has 1 aliphatic rings. The zero-order chi connectivity index (χ0) is 17.8. The van der Waals surface area contributed by atoms with Gasteiger partial charge in [0.2, 0.25) is 0 Å². The first kappa shape index (κ1) is 17.5. The fraction of sp³-hybridized carbons (Fsp3) is 0.278. The molecule has 2 aromatic rings. The largest absolute Gasteiger partial charge is 0.368 e. The number of nitrogens with one attached hydrogen (secondary N) is 1. The number of hydrogen-bond donors (Lipinski definition) is 1. The molecule has 2 amide bonds. The van der Waals surface area contributed by atoms with Crippen molar-refractivity contribution in [3.05, 3.63) is 64.7 Å². The molecule has 0 bridgehead atoms. The topological polar surface area (TPSA) is 35.6 Å². The van der Waals surface area contributed by atoms with Gasteiger partial charge in [0.05, 0.1) is 5.02 Å². The van der Waals surface area contributed by atoms with Gasteiger partial charge in [-0.15, -0.1) is 0 Å². The summed E-state index contributed by atoms with van der Waals surface area (Å²) in [5.74, 6) is -0.780. The van der Waals surface area contributed by atoms with Crippen LogP contribution in [0.15, 0.2) is 42.5 Å². The third kappa shape index (κ3) is 4.20. The van der Waals surface area contributed by atoms with Crippen LogP contribution in [0.1, 0.15) is 5.56 Å². The molecule has 4 nitrogen and oxygen atoms in total. The van der Waals surface area contributed by atoms with Gasteiger partial charge in [0.1, 0.15) is 11.6 Å². The van der Waals surface area contributed by atoms with Crippen LogP contribution in [0.2, 0.25) is 5.02 Å². The second-order valence-electron chi connectivity index (χ2n) is 5.82. The smallest absolute Gasteiger partial charge is 0.317 e. The minimum absolute atomic E-state index is 0.0857. The summed E-state index contributed by atoms with van der Waals surface area (Å²) >= 11 is 5.82. The Kier molecular flexibility index (Phi) is 5.38. The van der Waals surface area contributed by atoms with Gasteiger partial charge in [0, 0.05) is 44.0 Å². The van der Waals surface area contributed by atoms with Crippen molar-refractivity contribution < 1.29 is 13.6 Å². The van der Waals surface area contributed by atoms with Gasteiger partial charge in [-0.05, 0) is 24.3 Å². The SMILES string of the molecule is O=C(NCc1ccccc1F)N1CCN(c2ccc(F)c(Cl)c2)CC1. The van der Waals surface area contributed by atoms with E-state index in [2.05, 4.69) is 5.32 Å². The van der Waals surface area contributed by atoms with Crippen LogP contribution in [0, 0.1) is 11.6 Å². The number of piperazine rings is 1. The van der Waals surface area contributed by atoms with E-state index in [1.54, 1.807) is 35.2 Å². The summed E-state index contributed by atoms with van der Waals surface area (Å²) in [6.45, 7) is 2.44. The molecule has 132 valence electrons. The van der Waals surface area contributed by atoms with Gasteiger partial charge in [-0.2, -0.15) is 0 Å². The lowest BCUT2D eigenvalue weighted by Gasteiger charge is -2.36. The Morgan fingerprint density at radius 3 is 2.44 bits per heavy atom. The standard InChI is InChI=1S/C18H18ClF2N3O/c19-15-11-14(5-6-17(15)21)23-7-9-24(10-8-23)18(25)22-12-13-3-1-2-4-16(13)20/h1-6,11H,7-10,12H2,(H,22,25). The summed E-state index contributed by atoms with van der Waals surface area (Å²) in [7, 11) is 0. The van der Waals surface area contributed by atoms with Crippen LogP contribution in [-0.4, -0.2) is 37.1 Å². The second kappa shape index (κ2) is 7.70. The monoisotopic (exact) mass is 365 g/mol. The van der Waals surface area contributed by atoms with Gasteiger partial charge in [-0.25, -0.2) is 13.6 Å². The van der Waals surface area contributed by atoms with E-state index >= 15 is 0 Å². The number of nitrogens with zero attached hydrogens (tertiary/aromatic N) is 2. The van der Waals surface area contributed by atoms with Gasteiger partial charge >= 0.3 is 6.03 Å². The summed E-state index contributed by atoms with van der Waals surface area (Å²) < 4.78 is 26.8. The van der Waals surface area contributed by atoms with Gasteiger partial charge in [0.15, 0.2) is 0 Å². The molecule has 7 heteroatoms. The molecule has 2 aromatic carbocycles. The summed E-state index contributed by atoms with van der Waals surface area (Å²) in [5.41, 5.74) is 1.29. The normalized spacial score (nSPS) is 14.5. The van der Waals surface area contributed by atoms with E-state index in [4.69, 9.17) is 11.6 Å². The number of rotatable bonds is 3. The molecule has 0 aromatic heterocycles. The maximum absolute atomic E-state index is 13.6. The highest BCUT2D eigenvalue weighted by molar-refractivity contribution is 6.31. The van der Waals surface area contributed by atoms with E-state index in [0.29, 0.717) is 31.7 Å². The highest BCUT2D eigenvalue weighted by Gasteiger charge is 2.21. The Morgan fingerprint density at radius 2 is 1.76 bits per heavy atom. The number of anilines is 1. The van der Waals surface area contributed by atoms with Crippen LogP contribution < -0.4 is 10.2 Å². The predicted octanol–water partition coefficient (Wildman–Crippen LogP) is 3.65. The van der Waals surface area contributed by atoms with E-state index in [-0.39, 0.29) is 23.4 Å². The molecule has 25 heavy (non-hydrogen) atoms. The number of carbonyl (C=O) groups excluding carboxylic acids is 1. The fourth-order valence-electron chi connectivity index (χ4n) is 2.77. The Labute approximate surface area is 150 Å². The van der Waals surface area contributed by atoms with Gasteiger partial charge in [-0.1, -0.05) is 29.8 Å². The minimum atomic E-state index is -0.448. The molecule has 1 fully saturated rings. The molecule has 0 atom stereocenters. The number of carbonyl (C=O) groups is 1. The molecule has 3 rings (SSSR count). The lowest BCUT2D eigenvalue weighted by molar-refractivity contribution is 0.194. The van der Waals surface area contributed by atoms with Crippen molar-refractivity contribution in [1.29, 1.82) is 0 Å². The lowest BCUT2D eigenvalue weighted by atomic mass is 10.2. The molecule has 0 saturated carbocycles. The minimum Gasteiger partial charge on any atom is -0.368 e. The predicted molar refractivity (Wildman–Crippen MR) is 93.8 cm³/mol. The number of hydrogen-bond acceptors (Lipinski definition) is 2. The third-order valence-electron chi connectivity index (χ3n) is 4.22. The highest BCUT2D eigenvalue weighted by Crippen LogP contribution is 2.23. The molecule has 1 heterocycles. The van der Waals surface area contributed by atoms with Crippen molar-refractivity contribution >= 4 is 23.3 Å². The third-order valence-corrected chi connectivity index (χ3v) is 4.51. The molecule has 0 unspecified atom stereocenters. The molecule has 1 N–H and O–H groups in total. The number of halogens is 3. The van der Waals surface area contributed by atoms with E-state index in [0.717, 1.165) is 5.69 Å². The summed E-state index contributed by atoms with van der Waals surface area (Å²) in [6.07, 6.45) is 0. The van der Waals surface area contributed by atoms with Crippen LogP contribution in [0.5, 0.6) is 0 Å². The number of urea groups is 1. The lowest BCUT2D eigenvalue weighted by Crippen LogP contribution is -2.51. The summed E-state index contributed by atoms with van der Waals surface area (Å²) in [6, 6.07) is 10.7. The molecule has 0 aliphatic carbocycles. The molecule has 1 aliphatic heterocycles. The summed E-state index contributed by atoms with van der Waals surface area (Å²) in [4.78, 5) is 16.0. The van der Waals surface area contributed by atoms with E-state index in [9.17, 15) is 13.6 Å². The highest BCUT2D eigenvalue weighted by atomic mass is 35.5. The maximum Gasteiger partial charge on any atom is 0.317 e. The molecular formula is C18H18ClF2N3O.